The number of piperidine rings is 1. The van der Waals surface area contributed by atoms with Gasteiger partial charge in [-0.15, -0.1) is 0 Å². The van der Waals surface area contributed by atoms with Crippen molar-refractivity contribution >= 4 is 21.7 Å². The standard InChI is InChI=1S/C11H19NO5S/c1-18(16,17)7-3-5-10(13)12-6-2-4-9(8-12)11(14)15/h9H,2-8H2,1H3,(H,14,15)/t9-/m0/s1. The summed E-state index contributed by atoms with van der Waals surface area (Å²) in [6.45, 7) is 0.814. The van der Waals surface area contributed by atoms with E-state index in [1.54, 1.807) is 0 Å². The van der Waals surface area contributed by atoms with Crippen LogP contribution in [0, 0.1) is 5.92 Å². The fourth-order valence-corrected chi connectivity index (χ4v) is 2.72. The SMILES string of the molecule is CS(=O)(=O)CCCC(=O)N1CCC[C@H](C(=O)O)C1. The number of carbonyl (C=O) groups excluding carboxylic acids is 1. The average molecular weight is 277 g/mol. The minimum Gasteiger partial charge on any atom is -0.481 e. The molecule has 0 aromatic carbocycles. The lowest BCUT2D eigenvalue weighted by Gasteiger charge is -2.30. The van der Waals surface area contributed by atoms with Gasteiger partial charge in [-0.3, -0.25) is 9.59 Å². The Morgan fingerprint density at radius 3 is 2.61 bits per heavy atom. The molecule has 1 amide bonds. The molecule has 1 aliphatic rings. The zero-order valence-corrected chi connectivity index (χ0v) is 11.3. The zero-order valence-electron chi connectivity index (χ0n) is 10.5. The van der Waals surface area contributed by atoms with Crippen LogP contribution in [0.3, 0.4) is 0 Å². The van der Waals surface area contributed by atoms with Gasteiger partial charge in [-0.05, 0) is 19.3 Å². The molecule has 1 atom stereocenters. The predicted octanol–water partition coefficient (Wildman–Crippen LogP) is 0.134. The highest BCUT2D eigenvalue weighted by Crippen LogP contribution is 2.17. The lowest BCUT2D eigenvalue weighted by molar-refractivity contribution is -0.145. The molecule has 104 valence electrons. The number of hydrogen-bond donors (Lipinski definition) is 1. The summed E-state index contributed by atoms with van der Waals surface area (Å²) in [5.74, 6) is -1.51. The van der Waals surface area contributed by atoms with Crippen molar-refractivity contribution < 1.29 is 23.1 Å². The number of sulfone groups is 1. The summed E-state index contributed by atoms with van der Waals surface area (Å²) in [6, 6.07) is 0. The van der Waals surface area contributed by atoms with Crippen molar-refractivity contribution in [2.75, 3.05) is 25.1 Å². The molecule has 1 heterocycles. The molecule has 1 aliphatic heterocycles. The van der Waals surface area contributed by atoms with Gasteiger partial charge in [0.25, 0.3) is 0 Å². The molecule has 6 nitrogen and oxygen atoms in total. The van der Waals surface area contributed by atoms with Gasteiger partial charge in [-0.2, -0.15) is 0 Å². The van der Waals surface area contributed by atoms with E-state index in [9.17, 15) is 18.0 Å². The Bertz CT molecular complexity index is 417. The third-order valence-corrected chi connectivity index (χ3v) is 4.06. The quantitative estimate of drug-likeness (QED) is 0.771. The van der Waals surface area contributed by atoms with E-state index in [-0.39, 0.29) is 24.6 Å². The van der Waals surface area contributed by atoms with Gasteiger partial charge in [0, 0.05) is 25.8 Å². The van der Waals surface area contributed by atoms with Gasteiger partial charge in [0.2, 0.25) is 5.91 Å². The molecule has 0 aliphatic carbocycles. The van der Waals surface area contributed by atoms with Crippen LogP contribution in [-0.2, 0) is 19.4 Å². The van der Waals surface area contributed by atoms with E-state index in [0.29, 0.717) is 25.8 Å². The van der Waals surface area contributed by atoms with Gasteiger partial charge in [-0.1, -0.05) is 0 Å². The van der Waals surface area contributed by atoms with Gasteiger partial charge in [0.15, 0.2) is 0 Å². The highest BCUT2D eigenvalue weighted by atomic mass is 32.2. The van der Waals surface area contributed by atoms with Gasteiger partial charge >= 0.3 is 5.97 Å². The van der Waals surface area contributed by atoms with E-state index in [1.165, 1.54) is 4.90 Å². The van der Waals surface area contributed by atoms with E-state index in [4.69, 9.17) is 5.11 Å². The molecule has 1 rings (SSSR count). The number of nitrogens with zero attached hydrogens (tertiary/aromatic N) is 1. The van der Waals surface area contributed by atoms with Crippen LogP contribution in [0.5, 0.6) is 0 Å². The van der Waals surface area contributed by atoms with Crippen LogP contribution in [0.1, 0.15) is 25.7 Å². The Hall–Kier alpha value is -1.11. The maximum atomic E-state index is 11.8. The number of carboxylic acids is 1. The molecular formula is C11H19NO5S. The lowest BCUT2D eigenvalue weighted by atomic mass is 9.98. The Morgan fingerprint density at radius 1 is 1.39 bits per heavy atom. The molecule has 7 heteroatoms. The molecule has 1 fully saturated rings. The van der Waals surface area contributed by atoms with E-state index in [2.05, 4.69) is 0 Å². The summed E-state index contributed by atoms with van der Waals surface area (Å²) in [4.78, 5) is 24.2. The van der Waals surface area contributed by atoms with Gasteiger partial charge in [0.1, 0.15) is 9.84 Å². The van der Waals surface area contributed by atoms with Crippen molar-refractivity contribution in [3.05, 3.63) is 0 Å². The molecule has 1 saturated heterocycles. The van der Waals surface area contributed by atoms with Gasteiger partial charge < -0.3 is 10.0 Å². The lowest BCUT2D eigenvalue weighted by Crippen LogP contribution is -2.42. The second kappa shape index (κ2) is 6.17. The van der Waals surface area contributed by atoms with Crippen molar-refractivity contribution in [2.24, 2.45) is 5.92 Å². The summed E-state index contributed by atoms with van der Waals surface area (Å²) < 4.78 is 21.9. The molecule has 0 spiro atoms. The number of carboxylic acid groups (broad SMARTS) is 1. The number of likely N-dealkylation sites (tertiary alicyclic amines) is 1. The van der Waals surface area contributed by atoms with E-state index in [0.717, 1.165) is 6.26 Å². The third kappa shape index (κ3) is 5.03. The van der Waals surface area contributed by atoms with Crippen molar-refractivity contribution in [3.8, 4) is 0 Å². The monoisotopic (exact) mass is 277 g/mol. The fraction of sp³-hybridized carbons (Fsp3) is 0.818. The van der Waals surface area contributed by atoms with Gasteiger partial charge in [0.05, 0.1) is 11.7 Å². The predicted molar refractivity (Wildman–Crippen MR) is 65.9 cm³/mol. The van der Waals surface area contributed by atoms with Crippen LogP contribution in [0.25, 0.3) is 0 Å². The number of carbonyl (C=O) groups is 2. The molecule has 1 N–H and O–H groups in total. The molecule has 0 saturated carbocycles. The third-order valence-electron chi connectivity index (χ3n) is 3.03. The van der Waals surface area contributed by atoms with Crippen molar-refractivity contribution in [1.29, 1.82) is 0 Å². The van der Waals surface area contributed by atoms with Crippen LogP contribution in [0.2, 0.25) is 0 Å². The summed E-state index contributed by atoms with van der Waals surface area (Å²) in [7, 11) is -3.04. The van der Waals surface area contributed by atoms with E-state index in [1.807, 2.05) is 0 Å². The first-order chi connectivity index (χ1) is 8.29. The highest BCUT2D eigenvalue weighted by Gasteiger charge is 2.27. The first-order valence-electron chi connectivity index (χ1n) is 5.98. The van der Waals surface area contributed by atoms with Crippen molar-refractivity contribution in [3.63, 3.8) is 0 Å². The Kier molecular flexibility index (Phi) is 5.13. The summed E-state index contributed by atoms with van der Waals surface area (Å²) >= 11 is 0. The molecule has 0 bridgehead atoms. The van der Waals surface area contributed by atoms with Crippen LogP contribution < -0.4 is 0 Å². The Balaban J connectivity index is 2.39. The first kappa shape index (κ1) is 14.9. The second-order valence-corrected chi connectivity index (χ2v) is 7.01. The number of hydrogen-bond acceptors (Lipinski definition) is 4. The van der Waals surface area contributed by atoms with Crippen LogP contribution in [0.15, 0.2) is 0 Å². The number of aliphatic carboxylic acids is 1. The molecule has 18 heavy (non-hydrogen) atoms. The molecule has 0 aromatic rings. The average Bonchev–Trinajstić information content (AvgIpc) is 2.27. The van der Waals surface area contributed by atoms with Crippen molar-refractivity contribution in [1.82, 2.24) is 4.90 Å². The molecule has 0 radical (unpaired) electrons. The zero-order chi connectivity index (χ0) is 13.8. The first-order valence-corrected chi connectivity index (χ1v) is 8.04. The molecule has 0 aromatic heterocycles. The summed E-state index contributed by atoms with van der Waals surface area (Å²) in [5.41, 5.74) is 0. The molecular weight excluding hydrogens is 258 g/mol. The second-order valence-electron chi connectivity index (χ2n) is 4.75. The smallest absolute Gasteiger partial charge is 0.308 e. The van der Waals surface area contributed by atoms with E-state index >= 15 is 0 Å². The highest BCUT2D eigenvalue weighted by molar-refractivity contribution is 7.90. The maximum absolute atomic E-state index is 11.8. The summed E-state index contributed by atoms with van der Waals surface area (Å²) in [6.07, 6.45) is 2.89. The number of rotatable bonds is 5. The van der Waals surface area contributed by atoms with Crippen LogP contribution in [-0.4, -0.2) is 55.4 Å². The Morgan fingerprint density at radius 2 is 2.06 bits per heavy atom. The minimum absolute atomic E-state index is 0.00502. The normalized spacial score (nSPS) is 20.7. The fourth-order valence-electron chi connectivity index (χ4n) is 2.05. The van der Waals surface area contributed by atoms with Crippen LogP contribution >= 0.6 is 0 Å². The van der Waals surface area contributed by atoms with Gasteiger partial charge in [-0.25, -0.2) is 8.42 Å². The maximum Gasteiger partial charge on any atom is 0.308 e. The number of amides is 1. The molecule has 0 unspecified atom stereocenters. The largest absolute Gasteiger partial charge is 0.481 e. The van der Waals surface area contributed by atoms with E-state index < -0.39 is 21.7 Å². The van der Waals surface area contributed by atoms with Crippen LogP contribution in [0.4, 0.5) is 0 Å². The van der Waals surface area contributed by atoms with Crippen molar-refractivity contribution in [2.45, 2.75) is 25.7 Å². The summed E-state index contributed by atoms with van der Waals surface area (Å²) in [5, 5.41) is 8.90. The minimum atomic E-state index is -3.04. The topological polar surface area (TPSA) is 91.8 Å². The Labute approximate surface area is 107 Å².